The molecule has 1 fully saturated rings. The Kier molecular flexibility index (Phi) is 3.11. The summed E-state index contributed by atoms with van der Waals surface area (Å²) in [4.78, 5) is 2.36. The van der Waals surface area contributed by atoms with E-state index in [0.717, 1.165) is 25.4 Å². The third-order valence-corrected chi connectivity index (χ3v) is 2.82. The van der Waals surface area contributed by atoms with Gasteiger partial charge in [0.25, 0.3) is 0 Å². The first-order valence-corrected chi connectivity index (χ1v) is 5.36. The van der Waals surface area contributed by atoms with Crippen molar-refractivity contribution in [2.45, 2.75) is 18.9 Å². The summed E-state index contributed by atoms with van der Waals surface area (Å²) >= 11 is 5.69. The van der Waals surface area contributed by atoms with Gasteiger partial charge in [-0.05, 0) is 49.7 Å². The van der Waals surface area contributed by atoms with Crippen LogP contribution in [0.2, 0.25) is 5.22 Å². The van der Waals surface area contributed by atoms with Gasteiger partial charge in [-0.15, -0.1) is 0 Å². The lowest BCUT2D eigenvalue weighted by atomic mass is 10.2. The standard InChI is InChI=1S/C10H15ClN2O/c11-10-4-3-9(14-10)8(12)7-13-5-1-2-6-13/h3-4,8H,1-2,5-7,12H2. The van der Waals surface area contributed by atoms with Crippen LogP contribution in [0.15, 0.2) is 16.5 Å². The van der Waals surface area contributed by atoms with Gasteiger partial charge in [-0.2, -0.15) is 0 Å². The first-order valence-electron chi connectivity index (χ1n) is 4.99. The molecular weight excluding hydrogens is 200 g/mol. The minimum absolute atomic E-state index is 0.0550. The fourth-order valence-electron chi connectivity index (χ4n) is 1.86. The Bertz CT molecular complexity index is 294. The van der Waals surface area contributed by atoms with Gasteiger partial charge in [-0.3, -0.25) is 0 Å². The molecule has 1 atom stereocenters. The number of hydrogen-bond donors (Lipinski definition) is 1. The van der Waals surface area contributed by atoms with Crippen molar-refractivity contribution >= 4 is 11.6 Å². The van der Waals surface area contributed by atoms with Crippen molar-refractivity contribution < 1.29 is 4.42 Å². The van der Waals surface area contributed by atoms with Crippen LogP contribution < -0.4 is 5.73 Å². The van der Waals surface area contributed by atoms with Crippen LogP contribution in [0.5, 0.6) is 0 Å². The predicted octanol–water partition coefficient (Wildman–Crippen LogP) is 2.03. The molecule has 1 aromatic rings. The number of halogens is 1. The molecule has 1 aliphatic rings. The topological polar surface area (TPSA) is 42.4 Å². The largest absolute Gasteiger partial charge is 0.448 e. The Hall–Kier alpha value is -0.510. The van der Waals surface area contributed by atoms with Crippen LogP contribution in [-0.4, -0.2) is 24.5 Å². The monoisotopic (exact) mass is 214 g/mol. The fourth-order valence-corrected chi connectivity index (χ4v) is 2.01. The van der Waals surface area contributed by atoms with Crippen LogP contribution in [0.4, 0.5) is 0 Å². The molecule has 0 aromatic carbocycles. The highest BCUT2D eigenvalue weighted by molar-refractivity contribution is 6.28. The quantitative estimate of drug-likeness (QED) is 0.837. The van der Waals surface area contributed by atoms with E-state index < -0.39 is 0 Å². The maximum atomic E-state index is 5.99. The SMILES string of the molecule is NC(CN1CCCC1)c1ccc(Cl)o1. The average molecular weight is 215 g/mol. The Labute approximate surface area is 88.8 Å². The smallest absolute Gasteiger partial charge is 0.193 e. The maximum absolute atomic E-state index is 5.99. The molecule has 1 saturated heterocycles. The molecule has 2 N–H and O–H groups in total. The third kappa shape index (κ3) is 2.29. The van der Waals surface area contributed by atoms with Gasteiger partial charge in [-0.1, -0.05) is 0 Å². The second-order valence-corrected chi connectivity index (χ2v) is 4.13. The van der Waals surface area contributed by atoms with Crippen molar-refractivity contribution in [2.24, 2.45) is 5.73 Å². The molecule has 0 saturated carbocycles. The summed E-state index contributed by atoms with van der Waals surface area (Å²) in [5, 5.41) is 0.414. The first kappa shape index (κ1) is 10.0. The number of nitrogens with two attached hydrogens (primary N) is 1. The van der Waals surface area contributed by atoms with Gasteiger partial charge in [0.2, 0.25) is 0 Å². The number of rotatable bonds is 3. The van der Waals surface area contributed by atoms with E-state index in [-0.39, 0.29) is 6.04 Å². The average Bonchev–Trinajstić information content (AvgIpc) is 2.75. The van der Waals surface area contributed by atoms with Gasteiger partial charge in [0.15, 0.2) is 5.22 Å². The van der Waals surface area contributed by atoms with E-state index in [9.17, 15) is 0 Å². The van der Waals surface area contributed by atoms with Crippen LogP contribution >= 0.6 is 11.6 Å². The molecule has 1 aromatic heterocycles. The Morgan fingerprint density at radius 1 is 1.43 bits per heavy atom. The maximum Gasteiger partial charge on any atom is 0.193 e. The van der Waals surface area contributed by atoms with Crippen molar-refractivity contribution in [3.63, 3.8) is 0 Å². The second kappa shape index (κ2) is 4.34. The van der Waals surface area contributed by atoms with Crippen molar-refractivity contribution in [2.75, 3.05) is 19.6 Å². The second-order valence-electron chi connectivity index (χ2n) is 3.76. The lowest BCUT2D eigenvalue weighted by Crippen LogP contribution is -2.29. The lowest BCUT2D eigenvalue weighted by molar-refractivity contribution is 0.298. The van der Waals surface area contributed by atoms with E-state index in [1.807, 2.05) is 6.07 Å². The minimum atomic E-state index is -0.0550. The first-order chi connectivity index (χ1) is 6.75. The van der Waals surface area contributed by atoms with E-state index in [1.165, 1.54) is 12.8 Å². The molecule has 1 unspecified atom stereocenters. The number of nitrogens with zero attached hydrogens (tertiary/aromatic N) is 1. The van der Waals surface area contributed by atoms with Gasteiger partial charge in [0.05, 0.1) is 6.04 Å². The van der Waals surface area contributed by atoms with Crippen molar-refractivity contribution in [3.05, 3.63) is 23.1 Å². The fraction of sp³-hybridized carbons (Fsp3) is 0.600. The highest BCUT2D eigenvalue weighted by Crippen LogP contribution is 2.20. The van der Waals surface area contributed by atoms with Gasteiger partial charge in [-0.25, -0.2) is 0 Å². The molecule has 0 aliphatic carbocycles. The normalized spacial score (nSPS) is 20.1. The molecule has 4 heteroatoms. The zero-order valence-electron chi connectivity index (χ0n) is 8.08. The molecule has 2 rings (SSSR count). The van der Waals surface area contributed by atoms with Gasteiger partial charge >= 0.3 is 0 Å². The summed E-state index contributed by atoms with van der Waals surface area (Å²) in [6, 6.07) is 3.53. The van der Waals surface area contributed by atoms with Crippen LogP contribution in [0.25, 0.3) is 0 Å². The van der Waals surface area contributed by atoms with E-state index in [2.05, 4.69) is 4.90 Å². The molecule has 0 spiro atoms. The molecule has 1 aliphatic heterocycles. The summed E-state index contributed by atoms with van der Waals surface area (Å²) < 4.78 is 5.27. The van der Waals surface area contributed by atoms with E-state index in [1.54, 1.807) is 6.07 Å². The van der Waals surface area contributed by atoms with E-state index >= 15 is 0 Å². The number of likely N-dealkylation sites (tertiary alicyclic amines) is 1. The predicted molar refractivity (Wildman–Crippen MR) is 56.3 cm³/mol. The van der Waals surface area contributed by atoms with Gasteiger partial charge in [0.1, 0.15) is 5.76 Å². The number of hydrogen-bond acceptors (Lipinski definition) is 3. The van der Waals surface area contributed by atoms with Crippen LogP contribution in [0.3, 0.4) is 0 Å². The summed E-state index contributed by atoms with van der Waals surface area (Å²) in [5.74, 6) is 0.780. The molecule has 0 radical (unpaired) electrons. The van der Waals surface area contributed by atoms with E-state index in [0.29, 0.717) is 5.22 Å². The Morgan fingerprint density at radius 3 is 2.71 bits per heavy atom. The van der Waals surface area contributed by atoms with Crippen LogP contribution in [0, 0.1) is 0 Å². The summed E-state index contributed by atoms with van der Waals surface area (Å²) in [7, 11) is 0. The van der Waals surface area contributed by atoms with Crippen molar-refractivity contribution in [1.82, 2.24) is 4.90 Å². The molecule has 14 heavy (non-hydrogen) atoms. The van der Waals surface area contributed by atoms with Gasteiger partial charge in [0, 0.05) is 6.54 Å². The van der Waals surface area contributed by atoms with Crippen LogP contribution in [-0.2, 0) is 0 Å². The molecule has 0 bridgehead atoms. The summed E-state index contributed by atoms with van der Waals surface area (Å²) in [5.41, 5.74) is 5.99. The lowest BCUT2D eigenvalue weighted by Gasteiger charge is -2.18. The highest BCUT2D eigenvalue weighted by atomic mass is 35.5. The Morgan fingerprint density at radius 2 is 2.14 bits per heavy atom. The highest BCUT2D eigenvalue weighted by Gasteiger charge is 2.17. The molecule has 2 heterocycles. The zero-order chi connectivity index (χ0) is 9.97. The van der Waals surface area contributed by atoms with E-state index in [4.69, 9.17) is 21.8 Å². The molecule has 78 valence electrons. The zero-order valence-corrected chi connectivity index (χ0v) is 8.83. The summed E-state index contributed by atoms with van der Waals surface area (Å²) in [6.07, 6.45) is 2.57. The van der Waals surface area contributed by atoms with Crippen LogP contribution in [0.1, 0.15) is 24.6 Å². The third-order valence-electron chi connectivity index (χ3n) is 2.61. The molecule has 0 amide bonds. The van der Waals surface area contributed by atoms with Crippen molar-refractivity contribution in [3.8, 4) is 0 Å². The number of furan rings is 1. The molecule has 3 nitrogen and oxygen atoms in total. The molecular formula is C10H15ClN2O. The van der Waals surface area contributed by atoms with Gasteiger partial charge < -0.3 is 15.1 Å². The minimum Gasteiger partial charge on any atom is -0.448 e. The van der Waals surface area contributed by atoms with Crippen molar-refractivity contribution in [1.29, 1.82) is 0 Å². The summed E-state index contributed by atoms with van der Waals surface area (Å²) in [6.45, 7) is 3.17. The Balaban J connectivity index is 1.91.